The first-order valence-electron chi connectivity index (χ1n) is 0.447. The monoisotopic (exact) mass is 331 g/mol. The summed E-state index contributed by atoms with van der Waals surface area (Å²) in [4.78, 5) is 0. The van der Waals surface area contributed by atoms with Crippen molar-refractivity contribution in [1.82, 2.24) is 0 Å². The molecule has 10 nitrogen and oxygen atoms in total. The van der Waals surface area contributed by atoms with Gasteiger partial charge in [0.15, 0.2) is 0 Å². The van der Waals surface area contributed by atoms with E-state index in [0.717, 1.165) is 7.11 Å². The van der Waals surface area contributed by atoms with E-state index in [1.807, 2.05) is 0 Å². The van der Waals surface area contributed by atoms with Crippen LogP contribution in [0, 0.1) is 0 Å². The fourth-order valence-corrected chi connectivity index (χ4v) is 0. The predicted octanol–water partition coefficient (Wildman–Crippen LogP) is -7.55. The Labute approximate surface area is 109 Å². The molecule has 0 aliphatic heterocycles. The molecule has 0 aromatic heterocycles. The minimum absolute atomic E-state index is 0. The molecule has 0 radical (unpaired) electrons. The Balaban J connectivity index is -0.000000000111. The minimum Gasteiger partial charge on any atom is -0.870 e. The third-order valence-electron chi connectivity index (χ3n) is 0. The summed E-state index contributed by atoms with van der Waals surface area (Å²) in [6.45, 7) is 0. The van der Waals surface area contributed by atoms with E-state index in [0.29, 0.717) is 0 Å². The number of aliphatic hydroxyl groups excluding tert-OH is 1. The molecule has 0 heterocycles. The zero-order valence-electron chi connectivity index (χ0n) is 6.60. The Morgan fingerprint density at radius 2 is 0.500 bits per heavy atom. The molecule has 11 heteroatoms. The van der Waals surface area contributed by atoms with E-state index in [4.69, 9.17) is 5.11 Å². The average molecular weight is 330 g/mol. The van der Waals surface area contributed by atoms with E-state index < -0.39 is 0 Å². The summed E-state index contributed by atoms with van der Waals surface area (Å²) in [5.41, 5.74) is 0. The van der Waals surface area contributed by atoms with Gasteiger partial charge in [-0.3, -0.25) is 0 Å². The molecule has 0 fully saturated rings. The van der Waals surface area contributed by atoms with Gasteiger partial charge >= 0.3 is 48.9 Å². The summed E-state index contributed by atoms with van der Waals surface area (Å²) >= 11 is 0. The van der Waals surface area contributed by atoms with Crippen LogP contribution in [0.2, 0.25) is 0 Å². The molecular weight excluding hydrogens is 309 g/mol. The van der Waals surface area contributed by atoms with Gasteiger partial charge in [0.25, 0.3) is 0 Å². The fourth-order valence-electron chi connectivity index (χ4n) is 0. The number of hydrogen-bond donors (Lipinski definition) is 1. The quantitative estimate of drug-likeness (QED) is 0.422. The molecule has 0 amide bonds. The SMILES string of the molecule is CO.O.O.O.O.O.O.O.O.[Ba+2].[OH-]. The van der Waals surface area contributed by atoms with Crippen LogP contribution in [0.25, 0.3) is 0 Å². The molecule has 0 saturated heterocycles. The maximum absolute atomic E-state index is 7.00. The van der Waals surface area contributed by atoms with E-state index >= 15 is 0 Å². The van der Waals surface area contributed by atoms with Crippen LogP contribution in [0.5, 0.6) is 0 Å². The van der Waals surface area contributed by atoms with Crippen molar-refractivity contribution < 1.29 is 54.4 Å². The molecule has 0 aromatic rings. The van der Waals surface area contributed by atoms with E-state index in [1.165, 1.54) is 0 Å². The van der Waals surface area contributed by atoms with Crippen LogP contribution in [0.4, 0.5) is 0 Å². The normalized spacial score (nSPS) is 0.500. The first kappa shape index (κ1) is 414. The molecule has 0 aliphatic rings. The van der Waals surface area contributed by atoms with Gasteiger partial charge in [-0.1, -0.05) is 0 Å². The molecule has 86 valence electrons. The van der Waals surface area contributed by atoms with Gasteiger partial charge < -0.3 is 54.4 Å². The third kappa shape index (κ3) is 842. The second kappa shape index (κ2) is 1110. The molecule has 18 N–H and O–H groups in total. The Hall–Kier alpha value is 1.17. The second-order valence-electron chi connectivity index (χ2n) is 0. The van der Waals surface area contributed by atoms with Gasteiger partial charge in [0.2, 0.25) is 0 Å². The first-order valence-corrected chi connectivity index (χ1v) is 0.447. The maximum atomic E-state index is 7.00. The Kier molecular flexibility index (Phi) is 38200. The number of rotatable bonds is 0. The third-order valence-corrected chi connectivity index (χ3v) is 0. The molecule has 0 unspecified atom stereocenters. The van der Waals surface area contributed by atoms with Crippen molar-refractivity contribution in [3.63, 3.8) is 0 Å². The molecular formula is CH21BaO10+. The fraction of sp³-hybridized carbons (Fsp3) is 1.00. The first-order chi connectivity index (χ1) is 1.00. The van der Waals surface area contributed by atoms with E-state index in [-0.39, 0.29) is 98.2 Å². The van der Waals surface area contributed by atoms with Crippen molar-refractivity contribution in [2.45, 2.75) is 0 Å². The largest absolute Gasteiger partial charge is 2.00 e. The van der Waals surface area contributed by atoms with Crippen molar-refractivity contribution in [2.24, 2.45) is 0 Å². The van der Waals surface area contributed by atoms with Gasteiger partial charge in [0, 0.05) is 7.11 Å². The maximum Gasteiger partial charge on any atom is 2.00 e. The minimum atomic E-state index is 0. The van der Waals surface area contributed by atoms with Crippen molar-refractivity contribution >= 4 is 48.9 Å². The summed E-state index contributed by atoms with van der Waals surface area (Å²) in [6, 6.07) is 0. The Morgan fingerprint density at radius 1 is 0.500 bits per heavy atom. The van der Waals surface area contributed by atoms with Crippen LogP contribution < -0.4 is 0 Å². The van der Waals surface area contributed by atoms with Crippen molar-refractivity contribution in [1.29, 1.82) is 0 Å². The van der Waals surface area contributed by atoms with E-state index in [2.05, 4.69) is 0 Å². The summed E-state index contributed by atoms with van der Waals surface area (Å²) < 4.78 is 0. The van der Waals surface area contributed by atoms with Crippen LogP contribution in [0.3, 0.4) is 0 Å². The zero-order valence-corrected chi connectivity index (χ0v) is 11.0. The van der Waals surface area contributed by atoms with Crippen LogP contribution in [-0.4, -0.2) is 110 Å². The average Bonchev–Trinajstić information content (AvgIpc) is 1.00. The Bertz CT molecular complexity index is 9.80. The summed E-state index contributed by atoms with van der Waals surface area (Å²) in [5.74, 6) is 0. The van der Waals surface area contributed by atoms with Crippen LogP contribution in [0.15, 0.2) is 0 Å². The van der Waals surface area contributed by atoms with Gasteiger partial charge in [-0.25, -0.2) is 0 Å². The molecule has 0 rings (SSSR count). The van der Waals surface area contributed by atoms with Crippen LogP contribution in [0.1, 0.15) is 0 Å². The molecule has 0 atom stereocenters. The van der Waals surface area contributed by atoms with Gasteiger partial charge in [-0.2, -0.15) is 0 Å². The molecule has 0 aromatic carbocycles. The summed E-state index contributed by atoms with van der Waals surface area (Å²) in [7, 11) is 1.00. The summed E-state index contributed by atoms with van der Waals surface area (Å²) in [6.07, 6.45) is 0. The molecule has 0 aliphatic carbocycles. The second-order valence-corrected chi connectivity index (χ2v) is 0. The summed E-state index contributed by atoms with van der Waals surface area (Å²) in [5, 5.41) is 7.00. The van der Waals surface area contributed by atoms with Crippen molar-refractivity contribution in [2.75, 3.05) is 7.11 Å². The van der Waals surface area contributed by atoms with Gasteiger partial charge in [-0.05, 0) is 0 Å². The standard InChI is InChI=1S/CH4O.Ba.9H2O/c1-2;;;;;;;;;;/h2H,1H3;;9*1H2/q;+2;;;;;;;;;/p-1. The predicted molar refractivity (Wildman–Crippen MR) is 44.7 cm³/mol. The molecule has 0 spiro atoms. The molecule has 0 bridgehead atoms. The van der Waals surface area contributed by atoms with Gasteiger partial charge in [0.1, 0.15) is 0 Å². The smallest absolute Gasteiger partial charge is 0.870 e. The Morgan fingerprint density at radius 3 is 0.500 bits per heavy atom. The van der Waals surface area contributed by atoms with Crippen LogP contribution in [-0.2, 0) is 0 Å². The molecule has 12 heavy (non-hydrogen) atoms. The van der Waals surface area contributed by atoms with Crippen LogP contribution >= 0.6 is 0 Å². The molecule has 0 saturated carbocycles. The van der Waals surface area contributed by atoms with Crippen molar-refractivity contribution in [3.8, 4) is 0 Å². The number of hydrogen-bond acceptors (Lipinski definition) is 2. The van der Waals surface area contributed by atoms with Crippen molar-refractivity contribution in [3.05, 3.63) is 0 Å². The van der Waals surface area contributed by atoms with Gasteiger partial charge in [-0.15, -0.1) is 0 Å². The topological polar surface area (TPSA) is 302 Å². The van der Waals surface area contributed by atoms with Gasteiger partial charge in [0.05, 0.1) is 0 Å². The number of aliphatic hydroxyl groups is 1. The van der Waals surface area contributed by atoms with E-state index in [9.17, 15) is 0 Å². The zero-order chi connectivity index (χ0) is 2.00. The van der Waals surface area contributed by atoms with E-state index in [1.54, 1.807) is 0 Å².